The van der Waals surface area contributed by atoms with E-state index in [4.69, 9.17) is 15.5 Å². The monoisotopic (exact) mass is 442 g/mol. The first kappa shape index (κ1) is 21.7. The standard InChI is InChI=1S/C21H30N8OS/c1-2-31-20-17-18(23-10-4-3-9-22)25-21(26-19(17)27-28-20)24-15-5-7-16(8-6-15)29-11-13-30-14-12-29/h5-8H,2-4,9-14,22H2,1H3,(H3,23,24,25,26,27,28). The zero-order valence-corrected chi connectivity index (χ0v) is 18.7. The number of aromatic amines is 1. The number of ether oxygens (including phenoxy) is 1. The molecule has 0 spiro atoms. The van der Waals surface area contributed by atoms with Gasteiger partial charge >= 0.3 is 0 Å². The minimum atomic E-state index is 0.532. The normalized spacial score (nSPS) is 14.2. The molecule has 0 bridgehead atoms. The summed E-state index contributed by atoms with van der Waals surface area (Å²) in [5.41, 5.74) is 8.48. The van der Waals surface area contributed by atoms with Gasteiger partial charge in [-0.15, -0.1) is 11.8 Å². The molecule has 1 aromatic carbocycles. The van der Waals surface area contributed by atoms with Crippen molar-refractivity contribution >= 4 is 45.9 Å². The van der Waals surface area contributed by atoms with Crippen LogP contribution < -0.4 is 21.3 Å². The number of benzene rings is 1. The molecule has 3 aromatic rings. The molecule has 166 valence electrons. The van der Waals surface area contributed by atoms with Crippen molar-refractivity contribution in [1.29, 1.82) is 0 Å². The molecule has 31 heavy (non-hydrogen) atoms. The van der Waals surface area contributed by atoms with Crippen molar-refractivity contribution in [3.05, 3.63) is 24.3 Å². The summed E-state index contributed by atoms with van der Waals surface area (Å²) in [5.74, 6) is 2.26. The third-order valence-electron chi connectivity index (χ3n) is 5.09. The van der Waals surface area contributed by atoms with Gasteiger partial charge in [-0.25, -0.2) is 0 Å². The van der Waals surface area contributed by atoms with Gasteiger partial charge in [-0.3, -0.25) is 5.10 Å². The molecule has 1 fully saturated rings. The van der Waals surface area contributed by atoms with E-state index >= 15 is 0 Å². The van der Waals surface area contributed by atoms with Crippen LogP contribution in [0.2, 0.25) is 0 Å². The zero-order valence-electron chi connectivity index (χ0n) is 17.9. The number of rotatable bonds is 10. The van der Waals surface area contributed by atoms with Gasteiger partial charge in [-0.05, 0) is 49.4 Å². The van der Waals surface area contributed by atoms with Crippen molar-refractivity contribution < 1.29 is 4.74 Å². The molecule has 4 rings (SSSR count). The summed E-state index contributed by atoms with van der Waals surface area (Å²) in [6.07, 6.45) is 1.96. The highest BCUT2D eigenvalue weighted by Crippen LogP contribution is 2.31. The fraction of sp³-hybridized carbons (Fsp3) is 0.476. The third kappa shape index (κ3) is 5.38. The minimum absolute atomic E-state index is 0.532. The lowest BCUT2D eigenvalue weighted by molar-refractivity contribution is 0.122. The number of aromatic nitrogens is 4. The van der Waals surface area contributed by atoms with Crippen molar-refractivity contribution in [3.63, 3.8) is 0 Å². The van der Waals surface area contributed by atoms with E-state index in [1.165, 1.54) is 5.69 Å². The van der Waals surface area contributed by atoms with E-state index in [-0.39, 0.29) is 0 Å². The first-order valence-electron chi connectivity index (χ1n) is 10.8. The van der Waals surface area contributed by atoms with Gasteiger partial charge < -0.3 is 26.0 Å². The van der Waals surface area contributed by atoms with Gasteiger partial charge in [-0.1, -0.05) is 6.92 Å². The van der Waals surface area contributed by atoms with Crippen LogP contribution in [0.3, 0.4) is 0 Å². The van der Waals surface area contributed by atoms with E-state index in [1.54, 1.807) is 11.8 Å². The van der Waals surface area contributed by atoms with E-state index in [0.29, 0.717) is 12.5 Å². The molecular formula is C21H30N8OS. The second-order valence-electron chi connectivity index (χ2n) is 7.28. The molecule has 10 heteroatoms. The summed E-state index contributed by atoms with van der Waals surface area (Å²) in [4.78, 5) is 11.7. The second kappa shape index (κ2) is 10.7. The molecule has 2 aromatic heterocycles. The van der Waals surface area contributed by atoms with Crippen LogP contribution in [0.15, 0.2) is 29.3 Å². The predicted octanol–water partition coefficient (Wildman–Crippen LogP) is 3.20. The molecule has 0 aliphatic carbocycles. The summed E-state index contributed by atoms with van der Waals surface area (Å²) >= 11 is 1.68. The Morgan fingerprint density at radius 2 is 1.97 bits per heavy atom. The third-order valence-corrected chi connectivity index (χ3v) is 5.95. The summed E-state index contributed by atoms with van der Waals surface area (Å²) in [6.45, 7) is 6.99. The van der Waals surface area contributed by atoms with Crippen molar-refractivity contribution in [1.82, 2.24) is 20.2 Å². The molecular weight excluding hydrogens is 412 g/mol. The summed E-state index contributed by atoms with van der Waals surface area (Å²) < 4.78 is 5.44. The molecule has 0 unspecified atom stereocenters. The Morgan fingerprint density at radius 3 is 2.71 bits per heavy atom. The number of hydrogen-bond acceptors (Lipinski definition) is 9. The number of unbranched alkanes of at least 4 members (excludes halogenated alkanes) is 1. The van der Waals surface area contributed by atoms with Gasteiger partial charge in [0.25, 0.3) is 0 Å². The highest BCUT2D eigenvalue weighted by atomic mass is 32.2. The number of anilines is 4. The van der Waals surface area contributed by atoms with Crippen LogP contribution in [0.1, 0.15) is 19.8 Å². The minimum Gasteiger partial charge on any atom is -0.378 e. The maximum absolute atomic E-state index is 5.62. The topological polar surface area (TPSA) is 117 Å². The van der Waals surface area contributed by atoms with Gasteiger partial charge in [0.1, 0.15) is 10.8 Å². The molecule has 9 nitrogen and oxygen atoms in total. The molecule has 0 saturated carbocycles. The Bertz CT molecular complexity index is 971. The van der Waals surface area contributed by atoms with Gasteiger partial charge in [0.15, 0.2) is 5.65 Å². The van der Waals surface area contributed by atoms with Gasteiger partial charge in [-0.2, -0.15) is 15.1 Å². The smallest absolute Gasteiger partial charge is 0.231 e. The van der Waals surface area contributed by atoms with Crippen molar-refractivity contribution in [2.75, 3.05) is 60.7 Å². The SMILES string of the molecule is CCSc1n[nH]c2nc(Nc3ccc(N4CCOCC4)cc3)nc(NCCCCN)c12. The number of H-pyrrole nitrogens is 1. The molecule has 1 aliphatic rings. The number of nitrogens with zero attached hydrogens (tertiary/aromatic N) is 4. The fourth-order valence-electron chi connectivity index (χ4n) is 3.51. The highest BCUT2D eigenvalue weighted by Gasteiger charge is 2.16. The Labute approximate surface area is 186 Å². The Hall–Kier alpha value is -2.56. The van der Waals surface area contributed by atoms with Gasteiger partial charge in [0, 0.05) is 31.0 Å². The lowest BCUT2D eigenvalue weighted by atomic mass is 10.2. The highest BCUT2D eigenvalue weighted by molar-refractivity contribution is 7.99. The Kier molecular flexibility index (Phi) is 7.44. The van der Waals surface area contributed by atoms with Crippen molar-refractivity contribution in [2.45, 2.75) is 24.8 Å². The number of nitrogens with two attached hydrogens (primary N) is 1. The average Bonchev–Trinajstić information content (AvgIpc) is 3.21. The summed E-state index contributed by atoms with van der Waals surface area (Å²) in [7, 11) is 0. The van der Waals surface area contributed by atoms with Crippen LogP contribution in [-0.4, -0.2) is 65.3 Å². The van der Waals surface area contributed by atoms with Crippen LogP contribution >= 0.6 is 11.8 Å². The van der Waals surface area contributed by atoms with Crippen LogP contribution in [0.25, 0.3) is 11.0 Å². The first-order chi connectivity index (χ1) is 15.3. The molecule has 0 atom stereocenters. The molecule has 0 amide bonds. The van der Waals surface area contributed by atoms with E-state index in [9.17, 15) is 0 Å². The summed E-state index contributed by atoms with van der Waals surface area (Å²) in [6, 6.07) is 8.34. The fourth-order valence-corrected chi connectivity index (χ4v) is 4.23. The predicted molar refractivity (Wildman–Crippen MR) is 128 cm³/mol. The zero-order chi connectivity index (χ0) is 21.5. The maximum Gasteiger partial charge on any atom is 0.231 e. The van der Waals surface area contributed by atoms with Crippen molar-refractivity contribution in [3.8, 4) is 0 Å². The molecule has 1 aliphatic heterocycles. The Morgan fingerprint density at radius 1 is 1.16 bits per heavy atom. The summed E-state index contributed by atoms with van der Waals surface area (Å²) in [5, 5.41) is 16.1. The van der Waals surface area contributed by atoms with Crippen LogP contribution in [0.4, 0.5) is 23.1 Å². The lowest BCUT2D eigenvalue weighted by Gasteiger charge is -2.28. The van der Waals surface area contributed by atoms with E-state index in [0.717, 1.165) is 79.0 Å². The maximum atomic E-state index is 5.62. The Balaban J connectivity index is 1.53. The quantitative estimate of drug-likeness (QED) is 0.277. The second-order valence-corrected chi connectivity index (χ2v) is 8.53. The van der Waals surface area contributed by atoms with E-state index < -0.39 is 0 Å². The van der Waals surface area contributed by atoms with Crippen LogP contribution in [-0.2, 0) is 4.74 Å². The molecule has 5 N–H and O–H groups in total. The lowest BCUT2D eigenvalue weighted by Crippen LogP contribution is -2.36. The number of thioether (sulfide) groups is 1. The molecule has 1 saturated heterocycles. The number of nitrogens with one attached hydrogen (secondary N) is 3. The van der Waals surface area contributed by atoms with E-state index in [2.05, 4.69) is 61.9 Å². The number of morpholine rings is 1. The van der Waals surface area contributed by atoms with Gasteiger partial charge in [0.2, 0.25) is 5.95 Å². The van der Waals surface area contributed by atoms with Crippen molar-refractivity contribution in [2.24, 2.45) is 5.73 Å². The van der Waals surface area contributed by atoms with E-state index in [1.807, 2.05) is 0 Å². The molecule has 0 radical (unpaired) electrons. The number of fused-ring (bicyclic) bond motifs is 1. The van der Waals surface area contributed by atoms with Crippen LogP contribution in [0.5, 0.6) is 0 Å². The number of hydrogen-bond donors (Lipinski definition) is 4. The molecule has 3 heterocycles. The first-order valence-corrected chi connectivity index (χ1v) is 11.8. The van der Waals surface area contributed by atoms with Crippen LogP contribution in [0, 0.1) is 0 Å². The average molecular weight is 443 g/mol. The van der Waals surface area contributed by atoms with Gasteiger partial charge in [0.05, 0.1) is 18.6 Å². The largest absolute Gasteiger partial charge is 0.378 e.